The fraction of sp³-hybridized carbons (Fsp3) is 0.350. The maximum atomic E-state index is 12.6. The van der Waals surface area contributed by atoms with E-state index in [2.05, 4.69) is 36.9 Å². The average Bonchev–Trinajstić information content (AvgIpc) is 2.61. The Morgan fingerprint density at radius 3 is 2.21 bits per heavy atom. The van der Waals surface area contributed by atoms with Gasteiger partial charge in [0.1, 0.15) is 5.75 Å². The van der Waals surface area contributed by atoms with Crippen molar-refractivity contribution in [1.29, 1.82) is 0 Å². The number of hydrogen-bond donors (Lipinski definition) is 0. The van der Waals surface area contributed by atoms with Crippen LogP contribution in [0.3, 0.4) is 0 Å². The molecule has 2 aromatic carbocycles. The number of methoxy groups -OCH3 is 1. The molecule has 0 atom stereocenters. The summed E-state index contributed by atoms with van der Waals surface area (Å²) >= 11 is 0. The number of amides is 1. The van der Waals surface area contributed by atoms with Gasteiger partial charge in [-0.25, -0.2) is 0 Å². The van der Waals surface area contributed by atoms with E-state index in [1.54, 1.807) is 7.11 Å². The second-order valence-electron chi connectivity index (χ2n) is 6.30. The lowest BCUT2D eigenvalue weighted by Gasteiger charge is -2.37. The van der Waals surface area contributed by atoms with Crippen molar-refractivity contribution in [1.82, 2.24) is 4.90 Å². The van der Waals surface area contributed by atoms with Gasteiger partial charge in [-0.05, 0) is 49.7 Å². The van der Waals surface area contributed by atoms with Crippen molar-refractivity contribution in [3.05, 3.63) is 59.2 Å². The molecule has 1 amide bonds. The Morgan fingerprint density at radius 2 is 1.62 bits per heavy atom. The van der Waals surface area contributed by atoms with Crippen molar-refractivity contribution < 1.29 is 9.53 Å². The minimum atomic E-state index is 0.0953. The van der Waals surface area contributed by atoms with E-state index < -0.39 is 0 Å². The summed E-state index contributed by atoms with van der Waals surface area (Å²) in [5, 5.41) is 0. The Kier molecular flexibility index (Phi) is 4.74. The maximum absolute atomic E-state index is 12.6. The summed E-state index contributed by atoms with van der Waals surface area (Å²) in [6.07, 6.45) is 0. The molecule has 0 radical (unpaired) electrons. The van der Waals surface area contributed by atoms with Crippen LogP contribution in [0.1, 0.15) is 21.5 Å². The summed E-state index contributed by atoms with van der Waals surface area (Å²) in [5.74, 6) is 0.865. The Bertz CT molecular complexity index is 717. The third kappa shape index (κ3) is 3.37. The number of carbonyl (C=O) groups is 1. The number of nitrogens with zero attached hydrogens (tertiary/aromatic N) is 2. The third-order valence-electron chi connectivity index (χ3n) is 4.60. The van der Waals surface area contributed by atoms with E-state index in [-0.39, 0.29) is 5.91 Å². The summed E-state index contributed by atoms with van der Waals surface area (Å²) < 4.78 is 5.15. The van der Waals surface area contributed by atoms with Gasteiger partial charge in [0, 0.05) is 37.4 Å². The van der Waals surface area contributed by atoms with Crippen LogP contribution in [0.4, 0.5) is 5.69 Å². The molecule has 1 fully saturated rings. The smallest absolute Gasteiger partial charge is 0.253 e. The number of ether oxygens (including phenoxy) is 1. The van der Waals surface area contributed by atoms with E-state index in [4.69, 9.17) is 4.74 Å². The van der Waals surface area contributed by atoms with Gasteiger partial charge in [-0.3, -0.25) is 4.79 Å². The highest BCUT2D eigenvalue weighted by atomic mass is 16.5. The molecule has 3 rings (SSSR count). The first-order chi connectivity index (χ1) is 11.6. The second kappa shape index (κ2) is 6.95. The third-order valence-corrected chi connectivity index (χ3v) is 4.60. The van der Waals surface area contributed by atoms with Crippen LogP contribution in [-0.4, -0.2) is 44.1 Å². The number of rotatable bonds is 3. The molecule has 0 unspecified atom stereocenters. The number of anilines is 1. The van der Waals surface area contributed by atoms with Gasteiger partial charge >= 0.3 is 0 Å². The van der Waals surface area contributed by atoms with E-state index >= 15 is 0 Å². The maximum Gasteiger partial charge on any atom is 0.253 e. The van der Waals surface area contributed by atoms with Crippen LogP contribution in [0, 0.1) is 13.8 Å². The van der Waals surface area contributed by atoms with Crippen molar-refractivity contribution in [3.63, 3.8) is 0 Å². The van der Waals surface area contributed by atoms with Crippen LogP contribution in [0.15, 0.2) is 42.5 Å². The summed E-state index contributed by atoms with van der Waals surface area (Å²) in [5.41, 5.74) is 4.57. The Balaban J connectivity index is 1.64. The topological polar surface area (TPSA) is 32.8 Å². The van der Waals surface area contributed by atoms with Crippen molar-refractivity contribution in [2.75, 3.05) is 38.2 Å². The van der Waals surface area contributed by atoms with Crippen molar-refractivity contribution in [3.8, 4) is 5.75 Å². The van der Waals surface area contributed by atoms with Crippen LogP contribution < -0.4 is 9.64 Å². The van der Waals surface area contributed by atoms with E-state index in [1.807, 2.05) is 29.2 Å². The number of carbonyl (C=O) groups excluding carboxylic acids is 1. The summed E-state index contributed by atoms with van der Waals surface area (Å²) in [7, 11) is 1.63. The van der Waals surface area contributed by atoms with Gasteiger partial charge in [0.05, 0.1) is 7.11 Å². The van der Waals surface area contributed by atoms with Gasteiger partial charge in [-0.2, -0.15) is 0 Å². The lowest BCUT2D eigenvalue weighted by atomic mass is 10.1. The van der Waals surface area contributed by atoms with Gasteiger partial charge in [-0.1, -0.05) is 17.7 Å². The summed E-state index contributed by atoms with van der Waals surface area (Å²) in [6, 6.07) is 13.9. The molecule has 1 aliphatic rings. The molecule has 0 aliphatic carbocycles. The fourth-order valence-electron chi connectivity index (χ4n) is 3.23. The largest absolute Gasteiger partial charge is 0.497 e. The van der Waals surface area contributed by atoms with E-state index in [0.29, 0.717) is 0 Å². The zero-order chi connectivity index (χ0) is 17.1. The minimum absolute atomic E-state index is 0.0953. The molecular weight excluding hydrogens is 300 g/mol. The predicted molar refractivity (Wildman–Crippen MR) is 97.0 cm³/mol. The van der Waals surface area contributed by atoms with Crippen molar-refractivity contribution in [2.24, 2.45) is 0 Å². The fourth-order valence-corrected chi connectivity index (χ4v) is 3.23. The van der Waals surface area contributed by atoms with E-state index in [9.17, 15) is 4.79 Å². The van der Waals surface area contributed by atoms with Gasteiger partial charge in [-0.15, -0.1) is 0 Å². The molecule has 0 aromatic heterocycles. The average molecular weight is 324 g/mol. The lowest BCUT2D eigenvalue weighted by Crippen LogP contribution is -2.49. The molecule has 24 heavy (non-hydrogen) atoms. The van der Waals surface area contributed by atoms with Gasteiger partial charge in [0.25, 0.3) is 5.91 Å². The molecule has 1 saturated heterocycles. The Labute approximate surface area is 143 Å². The SMILES string of the molecule is COc1ccc(C(=O)N2CCN(c3ccc(C)cc3C)CC2)cc1. The lowest BCUT2D eigenvalue weighted by molar-refractivity contribution is 0.0747. The summed E-state index contributed by atoms with van der Waals surface area (Å²) in [4.78, 5) is 16.9. The molecule has 4 nitrogen and oxygen atoms in total. The Hall–Kier alpha value is -2.49. The van der Waals surface area contributed by atoms with Gasteiger partial charge in [0.2, 0.25) is 0 Å². The molecule has 0 bridgehead atoms. The van der Waals surface area contributed by atoms with Crippen LogP contribution >= 0.6 is 0 Å². The number of aryl methyl sites for hydroxylation is 2. The normalized spacial score (nSPS) is 14.6. The molecule has 4 heteroatoms. The number of hydrogen-bond acceptors (Lipinski definition) is 3. The number of piperazine rings is 1. The van der Waals surface area contributed by atoms with E-state index in [0.717, 1.165) is 37.5 Å². The first-order valence-electron chi connectivity index (χ1n) is 8.34. The zero-order valence-electron chi connectivity index (χ0n) is 14.6. The van der Waals surface area contributed by atoms with Gasteiger partial charge < -0.3 is 14.5 Å². The van der Waals surface area contributed by atoms with Crippen LogP contribution in [0.25, 0.3) is 0 Å². The molecular formula is C20H24N2O2. The molecule has 0 saturated carbocycles. The Morgan fingerprint density at radius 1 is 0.958 bits per heavy atom. The van der Waals surface area contributed by atoms with Crippen LogP contribution in [-0.2, 0) is 0 Å². The second-order valence-corrected chi connectivity index (χ2v) is 6.30. The first-order valence-corrected chi connectivity index (χ1v) is 8.34. The highest BCUT2D eigenvalue weighted by Crippen LogP contribution is 2.23. The monoisotopic (exact) mass is 324 g/mol. The van der Waals surface area contributed by atoms with Crippen molar-refractivity contribution >= 4 is 11.6 Å². The van der Waals surface area contributed by atoms with Crippen LogP contribution in [0.5, 0.6) is 5.75 Å². The quantitative estimate of drug-likeness (QED) is 0.869. The van der Waals surface area contributed by atoms with Crippen molar-refractivity contribution in [2.45, 2.75) is 13.8 Å². The van der Waals surface area contributed by atoms with Gasteiger partial charge in [0.15, 0.2) is 0 Å². The van der Waals surface area contributed by atoms with Crippen LogP contribution in [0.2, 0.25) is 0 Å². The molecule has 0 N–H and O–H groups in total. The minimum Gasteiger partial charge on any atom is -0.497 e. The molecule has 1 aliphatic heterocycles. The molecule has 2 aromatic rings. The molecule has 126 valence electrons. The highest BCUT2D eigenvalue weighted by molar-refractivity contribution is 5.94. The standard InChI is InChI=1S/C20H24N2O2/c1-15-4-9-19(16(2)14-15)21-10-12-22(13-11-21)20(23)17-5-7-18(24-3)8-6-17/h4-9,14H,10-13H2,1-3H3. The summed E-state index contributed by atoms with van der Waals surface area (Å²) in [6.45, 7) is 7.49. The predicted octanol–water partition coefficient (Wildman–Crippen LogP) is 3.27. The molecule has 1 heterocycles. The first kappa shape index (κ1) is 16.4. The number of benzene rings is 2. The zero-order valence-corrected chi connectivity index (χ0v) is 14.6. The highest BCUT2D eigenvalue weighted by Gasteiger charge is 2.23. The molecule has 0 spiro atoms. The van der Waals surface area contributed by atoms with E-state index in [1.165, 1.54) is 16.8 Å².